The molecule has 1 aliphatic rings. The minimum atomic E-state index is -0.819. The Morgan fingerprint density at radius 2 is 1.86 bits per heavy atom. The van der Waals surface area contributed by atoms with Crippen molar-refractivity contribution in [2.45, 2.75) is 47.6 Å². The summed E-state index contributed by atoms with van der Waals surface area (Å²) in [6, 6.07) is 8.84. The third-order valence-electron chi connectivity index (χ3n) is 7.69. The summed E-state index contributed by atoms with van der Waals surface area (Å²) in [5.41, 5.74) is 5.43. The Bertz CT molecular complexity index is 2030. The highest BCUT2D eigenvalue weighted by molar-refractivity contribution is 7.15. The summed E-state index contributed by atoms with van der Waals surface area (Å²) >= 11 is 2.84. The number of fused-ring (bicyclic) bond motifs is 1. The van der Waals surface area contributed by atoms with Crippen LogP contribution in [0.5, 0.6) is 11.5 Å². The average Bonchev–Trinajstić information content (AvgIpc) is 3.55. The smallest absolute Gasteiger partial charge is 0.338 e. The number of rotatable bonds is 7. The summed E-state index contributed by atoms with van der Waals surface area (Å²) in [4.78, 5) is 33.7. The highest BCUT2D eigenvalue weighted by Crippen LogP contribution is 2.38. The van der Waals surface area contributed by atoms with E-state index in [-0.39, 0.29) is 17.7 Å². The van der Waals surface area contributed by atoms with Gasteiger partial charge in [0.2, 0.25) is 0 Å². The molecule has 1 atom stereocenters. The van der Waals surface area contributed by atoms with Gasteiger partial charge in [-0.05, 0) is 76.9 Å². The zero-order valence-corrected chi connectivity index (χ0v) is 27.0. The summed E-state index contributed by atoms with van der Waals surface area (Å²) in [5, 5.41) is 10.7. The van der Waals surface area contributed by atoms with Crippen LogP contribution in [0.1, 0.15) is 58.4 Å². The molecule has 4 heterocycles. The number of benzene rings is 1. The number of thiophene rings is 1. The van der Waals surface area contributed by atoms with Gasteiger partial charge in [0.1, 0.15) is 28.6 Å². The molecule has 4 aromatic rings. The molecule has 9 nitrogen and oxygen atoms in total. The van der Waals surface area contributed by atoms with E-state index >= 15 is 0 Å². The van der Waals surface area contributed by atoms with Crippen LogP contribution in [0, 0.1) is 39.0 Å². The molecule has 0 saturated heterocycles. The van der Waals surface area contributed by atoms with Crippen molar-refractivity contribution < 1.29 is 19.0 Å². The molecule has 0 radical (unpaired) electrons. The predicted octanol–water partition coefficient (Wildman–Crippen LogP) is 4.77. The third-order valence-corrected chi connectivity index (χ3v) is 9.87. The van der Waals surface area contributed by atoms with Crippen LogP contribution in [0.15, 0.2) is 45.3 Å². The average molecular weight is 617 g/mol. The summed E-state index contributed by atoms with van der Waals surface area (Å²) in [7, 11) is 3.09. The fourth-order valence-corrected chi connectivity index (χ4v) is 7.67. The van der Waals surface area contributed by atoms with Gasteiger partial charge in [-0.1, -0.05) is 11.3 Å². The van der Waals surface area contributed by atoms with Gasteiger partial charge in [0, 0.05) is 27.9 Å². The molecule has 0 fully saturated rings. The highest BCUT2D eigenvalue weighted by atomic mass is 32.1. The summed E-state index contributed by atoms with van der Waals surface area (Å²) in [6.07, 6.45) is 1.85. The molecular formula is C32H32N4O5S2. The van der Waals surface area contributed by atoms with Gasteiger partial charge in [0.25, 0.3) is 5.56 Å². The van der Waals surface area contributed by atoms with Crippen LogP contribution in [0.25, 0.3) is 11.1 Å². The number of carbonyl (C=O) groups is 1. The fraction of sp³-hybridized carbons (Fsp3) is 0.312. The second-order valence-electron chi connectivity index (χ2n) is 10.1. The van der Waals surface area contributed by atoms with Gasteiger partial charge in [0.05, 0.1) is 42.2 Å². The molecule has 3 aromatic heterocycles. The van der Waals surface area contributed by atoms with Gasteiger partial charge < -0.3 is 18.8 Å². The van der Waals surface area contributed by atoms with E-state index < -0.39 is 12.0 Å². The van der Waals surface area contributed by atoms with Crippen LogP contribution in [0.2, 0.25) is 0 Å². The number of carbonyl (C=O) groups excluding carboxylic acids is 1. The fourth-order valence-electron chi connectivity index (χ4n) is 5.42. The molecule has 5 rings (SSSR count). The molecule has 0 aliphatic carbocycles. The van der Waals surface area contributed by atoms with E-state index in [2.05, 4.69) is 15.6 Å². The molecule has 0 saturated carbocycles. The van der Waals surface area contributed by atoms with Crippen LogP contribution >= 0.6 is 22.7 Å². The Kier molecular flexibility index (Phi) is 8.18. The number of esters is 1. The van der Waals surface area contributed by atoms with Gasteiger partial charge in [-0.3, -0.25) is 9.36 Å². The van der Waals surface area contributed by atoms with Crippen LogP contribution in [0.3, 0.4) is 0 Å². The lowest BCUT2D eigenvalue weighted by molar-refractivity contribution is -0.139. The maximum absolute atomic E-state index is 14.2. The second kappa shape index (κ2) is 11.7. The molecule has 1 aliphatic heterocycles. The molecule has 43 heavy (non-hydrogen) atoms. The van der Waals surface area contributed by atoms with Gasteiger partial charge in [-0.2, -0.15) is 5.26 Å². The summed E-state index contributed by atoms with van der Waals surface area (Å²) in [6.45, 7) is 11.6. The van der Waals surface area contributed by atoms with Crippen molar-refractivity contribution in [1.82, 2.24) is 9.13 Å². The molecule has 0 bridgehead atoms. The Labute approximate surface area is 257 Å². The number of hydrogen-bond donors (Lipinski definition) is 0. The number of aromatic nitrogens is 2. The maximum Gasteiger partial charge on any atom is 0.338 e. The number of thiazole rings is 1. The topological polar surface area (TPSA) is 108 Å². The minimum absolute atomic E-state index is 0.179. The van der Waals surface area contributed by atoms with Crippen LogP contribution in [-0.4, -0.2) is 35.9 Å². The molecule has 222 valence electrons. The van der Waals surface area contributed by atoms with Crippen LogP contribution in [0.4, 0.5) is 0 Å². The Morgan fingerprint density at radius 1 is 1.12 bits per heavy atom. The van der Waals surface area contributed by atoms with Gasteiger partial charge in [0.15, 0.2) is 4.80 Å². The van der Waals surface area contributed by atoms with E-state index in [1.807, 2.05) is 39.8 Å². The van der Waals surface area contributed by atoms with Crippen LogP contribution < -0.4 is 24.4 Å². The van der Waals surface area contributed by atoms with Crippen molar-refractivity contribution >= 4 is 34.7 Å². The number of hydrogen-bond acceptors (Lipinski definition) is 9. The standard InChI is InChI=1S/C32H32N4O5S2/c1-9-41-31(38)27-18(4)34-32-36(28(27)23-11-10-22(39-7)14-25(23)40-8)29(37)26(43-32)13-21-12-16(2)35(19(21)5)30-24(15-33)17(3)20(6)42-30/h10-14,28H,9H2,1-8H3/b26-13+/t28-/m1/s1. The van der Waals surface area contributed by atoms with Crippen molar-refractivity contribution in [3.63, 3.8) is 0 Å². The Balaban J connectivity index is 1.73. The number of allylic oxidation sites excluding steroid dienone is 1. The lowest BCUT2D eigenvalue weighted by atomic mass is 9.95. The molecule has 0 spiro atoms. The molecule has 11 heteroatoms. The molecule has 0 unspecified atom stereocenters. The van der Waals surface area contributed by atoms with Gasteiger partial charge in [-0.25, -0.2) is 9.79 Å². The maximum atomic E-state index is 14.2. The van der Waals surface area contributed by atoms with Crippen molar-refractivity contribution in [2.75, 3.05) is 20.8 Å². The summed E-state index contributed by atoms with van der Waals surface area (Å²) in [5.74, 6) is 0.505. The number of nitriles is 1. The van der Waals surface area contributed by atoms with Gasteiger partial charge in [-0.15, -0.1) is 11.3 Å². The minimum Gasteiger partial charge on any atom is -0.497 e. The lowest BCUT2D eigenvalue weighted by Crippen LogP contribution is -2.40. The SMILES string of the molecule is CCOC(=O)C1=C(C)N=c2s/c(=C/c3cc(C)n(-c4sc(C)c(C)c4C#N)c3C)c(=O)n2[C@@H]1c1ccc(OC)cc1OC. The van der Waals surface area contributed by atoms with Gasteiger partial charge >= 0.3 is 5.97 Å². The normalized spacial score (nSPS) is 14.8. The monoisotopic (exact) mass is 616 g/mol. The number of methoxy groups -OCH3 is 2. The quantitative estimate of drug-likeness (QED) is 0.277. The first-order valence-corrected chi connectivity index (χ1v) is 15.3. The highest BCUT2D eigenvalue weighted by Gasteiger charge is 2.35. The third kappa shape index (κ3) is 5.00. The van der Waals surface area contributed by atoms with Crippen molar-refractivity contribution in [3.8, 4) is 22.6 Å². The largest absolute Gasteiger partial charge is 0.497 e. The first-order valence-electron chi connectivity index (χ1n) is 13.7. The van der Waals surface area contributed by atoms with E-state index in [4.69, 9.17) is 14.2 Å². The number of nitrogens with zero attached hydrogens (tertiary/aromatic N) is 4. The van der Waals surface area contributed by atoms with Crippen molar-refractivity contribution in [2.24, 2.45) is 4.99 Å². The predicted molar refractivity (Wildman–Crippen MR) is 167 cm³/mol. The molecule has 0 N–H and O–H groups in total. The zero-order valence-electron chi connectivity index (χ0n) is 25.3. The van der Waals surface area contributed by atoms with E-state index in [1.54, 1.807) is 55.1 Å². The first kappa shape index (κ1) is 30.1. The number of ether oxygens (including phenoxy) is 3. The molecular weight excluding hydrogens is 585 g/mol. The number of aryl methyl sites for hydroxylation is 2. The Hall–Kier alpha value is -4.40. The van der Waals surface area contributed by atoms with Crippen molar-refractivity contribution in [1.29, 1.82) is 5.26 Å². The van der Waals surface area contributed by atoms with Crippen LogP contribution in [-0.2, 0) is 9.53 Å². The molecule has 0 amide bonds. The summed E-state index contributed by atoms with van der Waals surface area (Å²) < 4.78 is 20.6. The Morgan fingerprint density at radius 3 is 2.51 bits per heavy atom. The lowest BCUT2D eigenvalue weighted by Gasteiger charge is -2.26. The zero-order chi connectivity index (χ0) is 31.2. The second-order valence-corrected chi connectivity index (χ2v) is 12.4. The van der Waals surface area contributed by atoms with E-state index in [9.17, 15) is 14.9 Å². The molecule has 1 aromatic carbocycles. The first-order chi connectivity index (χ1) is 20.6. The van der Waals surface area contributed by atoms with E-state index in [0.29, 0.717) is 37.7 Å². The van der Waals surface area contributed by atoms with Crippen molar-refractivity contribution in [3.05, 3.63) is 93.7 Å². The van der Waals surface area contributed by atoms with E-state index in [0.717, 1.165) is 32.4 Å². The van der Waals surface area contributed by atoms with E-state index in [1.165, 1.54) is 18.4 Å².